The Hall–Kier alpha value is -3.75. The lowest BCUT2D eigenvalue weighted by Crippen LogP contribution is -2.25. The number of hydrogen-bond acceptors (Lipinski definition) is 4. The molecule has 0 atom stereocenters. The molecule has 33 heavy (non-hydrogen) atoms. The van der Waals surface area contributed by atoms with Gasteiger partial charge in [0.1, 0.15) is 18.2 Å². The molecular weight excluding hydrogens is 436 g/mol. The first-order valence-corrected chi connectivity index (χ1v) is 11.0. The molecule has 1 amide bonds. The smallest absolute Gasteiger partial charge is 0.261 e. The van der Waals surface area contributed by atoms with Crippen LogP contribution in [-0.4, -0.2) is 19.6 Å². The fourth-order valence-corrected chi connectivity index (χ4v) is 3.52. The molecule has 168 valence electrons. The van der Waals surface area contributed by atoms with Crippen LogP contribution in [0.5, 0.6) is 11.5 Å². The predicted molar refractivity (Wildman–Crippen MR) is 130 cm³/mol. The molecule has 0 heterocycles. The Kier molecular flexibility index (Phi) is 8.93. The van der Waals surface area contributed by atoms with Crippen molar-refractivity contribution in [3.8, 4) is 17.6 Å². The minimum Gasteiger partial charge on any atom is -0.493 e. The van der Waals surface area contributed by atoms with Crippen LogP contribution >= 0.6 is 11.6 Å². The summed E-state index contributed by atoms with van der Waals surface area (Å²) in [6.07, 6.45) is 3.12. The number of methoxy groups -OCH3 is 1. The maximum Gasteiger partial charge on any atom is 0.261 e. The number of nitrogens with one attached hydrogen (secondary N) is 1. The summed E-state index contributed by atoms with van der Waals surface area (Å²) in [5, 5.41) is 12.6. The third kappa shape index (κ3) is 7.13. The lowest BCUT2D eigenvalue weighted by molar-refractivity contribution is -0.117. The SMILES string of the molecule is COc1cc(/C=C(/C#N)C(=O)NCCCc2ccccc2)cc(Cl)c1OCc1ccccc1. The minimum absolute atomic E-state index is 0.00853. The normalized spacial score (nSPS) is 10.9. The zero-order chi connectivity index (χ0) is 23.5. The summed E-state index contributed by atoms with van der Waals surface area (Å²) in [5.41, 5.74) is 2.76. The van der Waals surface area contributed by atoms with Gasteiger partial charge in [-0.2, -0.15) is 5.26 Å². The van der Waals surface area contributed by atoms with Crippen molar-refractivity contribution in [3.63, 3.8) is 0 Å². The highest BCUT2D eigenvalue weighted by molar-refractivity contribution is 6.32. The second-order valence-electron chi connectivity index (χ2n) is 7.32. The molecular formula is C27H25ClN2O3. The Morgan fingerprint density at radius 3 is 2.36 bits per heavy atom. The van der Waals surface area contributed by atoms with Crippen LogP contribution in [0.15, 0.2) is 78.4 Å². The lowest BCUT2D eigenvalue weighted by atomic mass is 10.1. The van der Waals surface area contributed by atoms with Crippen LogP contribution in [0.25, 0.3) is 6.08 Å². The Labute approximate surface area is 199 Å². The van der Waals surface area contributed by atoms with E-state index in [9.17, 15) is 10.1 Å². The largest absolute Gasteiger partial charge is 0.493 e. The van der Waals surface area contributed by atoms with Crippen LogP contribution in [0.4, 0.5) is 0 Å². The maximum absolute atomic E-state index is 12.5. The van der Waals surface area contributed by atoms with Crippen molar-refractivity contribution in [2.45, 2.75) is 19.4 Å². The monoisotopic (exact) mass is 460 g/mol. The molecule has 0 aromatic heterocycles. The molecule has 0 spiro atoms. The van der Waals surface area contributed by atoms with Crippen molar-refractivity contribution >= 4 is 23.6 Å². The van der Waals surface area contributed by atoms with Gasteiger partial charge >= 0.3 is 0 Å². The first kappa shape index (κ1) is 23.9. The molecule has 6 heteroatoms. The van der Waals surface area contributed by atoms with Crippen molar-refractivity contribution in [1.82, 2.24) is 5.32 Å². The van der Waals surface area contributed by atoms with Gasteiger partial charge in [-0.05, 0) is 47.7 Å². The molecule has 5 nitrogen and oxygen atoms in total. The summed E-state index contributed by atoms with van der Waals surface area (Å²) >= 11 is 6.43. The number of rotatable bonds is 10. The van der Waals surface area contributed by atoms with Crippen LogP contribution in [0.1, 0.15) is 23.1 Å². The number of carbonyl (C=O) groups is 1. The molecule has 0 aliphatic rings. The molecule has 0 aliphatic heterocycles. The van der Waals surface area contributed by atoms with Gasteiger partial charge in [-0.25, -0.2) is 0 Å². The number of ether oxygens (including phenoxy) is 2. The number of nitriles is 1. The molecule has 0 fully saturated rings. The Morgan fingerprint density at radius 2 is 1.73 bits per heavy atom. The van der Waals surface area contributed by atoms with E-state index >= 15 is 0 Å². The number of nitrogens with zero attached hydrogens (tertiary/aromatic N) is 1. The Morgan fingerprint density at radius 1 is 1.06 bits per heavy atom. The van der Waals surface area contributed by atoms with E-state index in [1.165, 1.54) is 18.7 Å². The summed E-state index contributed by atoms with van der Waals surface area (Å²) in [7, 11) is 1.51. The van der Waals surface area contributed by atoms with Crippen LogP contribution in [0, 0.1) is 11.3 Å². The van der Waals surface area contributed by atoms with Crippen LogP contribution in [-0.2, 0) is 17.8 Å². The maximum atomic E-state index is 12.5. The average Bonchev–Trinajstić information content (AvgIpc) is 2.85. The molecule has 0 saturated carbocycles. The Balaban J connectivity index is 1.64. The first-order chi connectivity index (χ1) is 16.1. The molecule has 3 rings (SSSR count). The van der Waals surface area contributed by atoms with Gasteiger partial charge in [-0.15, -0.1) is 0 Å². The number of halogens is 1. The van der Waals surface area contributed by atoms with Crippen molar-refractivity contribution in [2.24, 2.45) is 0 Å². The third-order valence-corrected chi connectivity index (χ3v) is 5.21. The summed E-state index contributed by atoms with van der Waals surface area (Å²) in [6.45, 7) is 0.810. The van der Waals surface area contributed by atoms with E-state index in [1.54, 1.807) is 12.1 Å². The average molecular weight is 461 g/mol. The fourth-order valence-electron chi connectivity index (χ4n) is 3.24. The highest BCUT2D eigenvalue weighted by atomic mass is 35.5. The van der Waals surface area contributed by atoms with Crippen LogP contribution in [0.3, 0.4) is 0 Å². The van der Waals surface area contributed by atoms with E-state index in [0.29, 0.717) is 35.2 Å². The lowest BCUT2D eigenvalue weighted by Gasteiger charge is -2.13. The third-order valence-electron chi connectivity index (χ3n) is 4.92. The van der Waals surface area contributed by atoms with Crippen molar-refractivity contribution in [2.75, 3.05) is 13.7 Å². The van der Waals surface area contributed by atoms with Crippen LogP contribution in [0.2, 0.25) is 5.02 Å². The van der Waals surface area contributed by atoms with Gasteiger partial charge in [0.2, 0.25) is 0 Å². The van der Waals surface area contributed by atoms with Gasteiger partial charge in [-0.1, -0.05) is 72.3 Å². The quantitative estimate of drug-likeness (QED) is 0.243. The van der Waals surface area contributed by atoms with Gasteiger partial charge < -0.3 is 14.8 Å². The molecule has 3 aromatic rings. The number of aryl methyl sites for hydroxylation is 1. The van der Waals surface area contributed by atoms with Crippen LogP contribution < -0.4 is 14.8 Å². The number of amides is 1. The zero-order valence-corrected chi connectivity index (χ0v) is 19.1. The van der Waals surface area contributed by atoms with Gasteiger partial charge in [0, 0.05) is 6.54 Å². The van der Waals surface area contributed by atoms with E-state index in [1.807, 2.05) is 66.7 Å². The molecule has 0 unspecified atom stereocenters. The minimum atomic E-state index is -0.426. The summed E-state index contributed by atoms with van der Waals surface area (Å²) < 4.78 is 11.3. The van der Waals surface area contributed by atoms with E-state index in [-0.39, 0.29) is 5.57 Å². The van der Waals surface area contributed by atoms with E-state index in [2.05, 4.69) is 5.32 Å². The van der Waals surface area contributed by atoms with E-state index in [4.69, 9.17) is 21.1 Å². The number of carbonyl (C=O) groups excluding carboxylic acids is 1. The highest BCUT2D eigenvalue weighted by Gasteiger charge is 2.14. The molecule has 3 aromatic carbocycles. The summed E-state index contributed by atoms with van der Waals surface area (Å²) in [5.74, 6) is 0.402. The van der Waals surface area contributed by atoms with E-state index in [0.717, 1.165) is 18.4 Å². The standard InChI is InChI=1S/C27H25ClN2O3/c1-32-25-17-22(16-24(28)26(25)33-19-21-11-6-3-7-12-21)15-23(18-29)27(31)30-14-8-13-20-9-4-2-5-10-20/h2-7,9-12,15-17H,8,13-14,19H2,1H3,(H,30,31)/b23-15-. The number of benzene rings is 3. The molecule has 0 aliphatic carbocycles. The van der Waals surface area contributed by atoms with Gasteiger partial charge in [0.15, 0.2) is 11.5 Å². The van der Waals surface area contributed by atoms with Gasteiger partial charge in [0.25, 0.3) is 5.91 Å². The zero-order valence-electron chi connectivity index (χ0n) is 18.4. The summed E-state index contributed by atoms with van der Waals surface area (Å²) in [4.78, 5) is 12.5. The molecule has 0 radical (unpaired) electrons. The number of hydrogen-bond donors (Lipinski definition) is 1. The second kappa shape index (κ2) is 12.3. The highest BCUT2D eigenvalue weighted by Crippen LogP contribution is 2.37. The molecule has 0 bridgehead atoms. The fraction of sp³-hybridized carbons (Fsp3) is 0.185. The second-order valence-corrected chi connectivity index (χ2v) is 7.73. The molecule has 0 saturated heterocycles. The van der Waals surface area contributed by atoms with E-state index < -0.39 is 5.91 Å². The van der Waals surface area contributed by atoms with Gasteiger partial charge in [0.05, 0.1) is 12.1 Å². The summed E-state index contributed by atoms with van der Waals surface area (Å²) in [6, 6.07) is 25.0. The molecule has 1 N–H and O–H groups in total. The van der Waals surface area contributed by atoms with Gasteiger partial charge in [-0.3, -0.25) is 4.79 Å². The van der Waals surface area contributed by atoms with Crippen molar-refractivity contribution < 1.29 is 14.3 Å². The first-order valence-electron chi connectivity index (χ1n) is 10.6. The van der Waals surface area contributed by atoms with Crippen molar-refractivity contribution in [1.29, 1.82) is 5.26 Å². The predicted octanol–water partition coefficient (Wildman–Crippen LogP) is 5.58. The van der Waals surface area contributed by atoms with Crippen molar-refractivity contribution in [3.05, 3.63) is 100 Å². The Bertz CT molecular complexity index is 1140. The topological polar surface area (TPSA) is 71.3 Å².